The van der Waals surface area contributed by atoms with E-state index in [4.69, 9.17) is 0 Å². The van der Waals surface area contributed by atoms with Crippen molar-refractivity contribution in [1.29, 1.82) is 0 Å². The summed E-state index contributed by atoms with van der Waals surface area (Å²) in [7, 11) is 0. The number of fused-ring (bicyclic) bond motifs is 1. The number of rotatable bonds is 4. The Morgan fingerprint density at radius 2 is 2.11 bits per heavy atom. The normalized spacial score (nSPS) is 12.2. The molecule has 0 amide bonds. The highest BCUT2D eigenvalue weighted by atomic mass is 19.4. The van der Waals surface area contributed by atoms with Crippen molar-refractivity contribution >= 4 is 5.65 Å². The second kappa shape index (κ2) is 4.97. The van der Waals surface area contributed by atoms with Crippen molar-refractivity contribution in [2.24, 2.45) is 0 Å². The van der Waals surface area contributed by atoms with E-state index >= 15 is 0 Å². The molecule has 0 saturated heterocycles. The van der Waals surface area contributed by atoms with Crippen LogP contribution in [0.15, 0.2) is 24.4 Å². The van der Waals surface area contributed by atoms with Crippen LogP contribution in [0.25, 0.3) is 5.65 Å². The quantitative estimate of drug-likeness (QED) is 0.853. The molecule has 0 saturated carbocycles. The summed E-state index contributed by atoms with van der Waals surface area (Å²) in [6.07, 6.45) is -3.07. The number of aryl methyl sites for hydroxylation is 1. The molecule has 0 radical (unpaired) electrons. The number of nitrogens with zero attached hydrogens (tertiary/aromatic N) is 2. The second-order valence-electron chi connectivity index (χ2n) is 4.11. The van der Waals surface area contributed by atoms with Gasteiger partial charge >= 0.3 is 6.18 Å². The van der Waals surface area contributed by atoms with Crippen LogP contribution in [0.5, 0.6) is 0 Å². The fraction of sp³-hybridized carbons (Fsp3) is 0.417. The van der Waals surface area contributed by atoms with Crippen LogP contribution < -0.4 is 5.32 Å². The van der Waals surface area contributed by atoms with Crippen LogP contribution in [-0.4, -0.2) is 22.1 Å². The first kappa shape index (κ1) is 12.9. The predicted molar refractivity (Wildman–Crippen MR) is 62.3 cm³/mol. The lowest BCUT2D eigenvalue weighted by molar-refractivity contribution is -0.133. The first-order valence-corrected chi connectivity index (χ1v) is 5.67. The number of halogens is 3. The summed E-state index contributed by atoms with van der Waals surface area (Å²) in [6, 6.07) is 5.61. The highest BCUT2D eigenvalue weighted by molar-refractivity contribution is 5.42. The van der Waals surface area contributed by atoms with Gasteiger partial charge in [-0.1, -0.05) is 6.07 Å². The molecule has 3 nitrogen and oxygen atoms in total. The molecule has 0 aliphatic carbocycles. The zero-order valence-corrected chi connectivity index (χ0v) is 9.96. The standard InChI is InChI=1S/C12H14F3N3/c1-9-10(8-16-6-5-12(13,14)15)18-7-3-2-4-11(18)17-9/h2-4,7,16H,5-6,8H2,1H3. The Kier molecular flexibility index (Phi) is 3.56. The smallest absolute Gasteiger partial charge is 0.311 e. The monoisotopic (exact) mass is 257 g/mol. The summed E-state index contributed by atoms with van der Waals surface area (Å²) in [5.41, 5.74) is 2.54. The maximum Gasteiger partial charge on any atom is 0.390 e. The predicted octanol–water partition coefficient (Wildman–Crippen LogP) is 2.68. The number of alkyl halides is 3. The van der Waals surface area contributed by atoms with Crippen molar-refractivity contribution in [1.82, 2.24) is 14.7 Å². The Hall–Kier alpha value is -1.56. The Balaban J connectivity index is 2.01. The van der Waals surface area contributed by atoms with Crippen molar-refractivity contribution in [3.05, 3.63) is 35.8 Å². The van der Waals surface area contributed by atoms with E-state index in [-0.39, 0.29) is 6.54 Å². The number of hydrogen-bond donors (Lipinski definition) is 1. The van der Waals surface area contributed by atoms with Crippen molar-refractivity contribution in [2.75, 3.05) is 6.54 Å². The minimum atomic E-state index is -4.11. The minimum absolute atomic E-state index is 0.0804. The lowest BCUT2D eigenvalue weighted by Gasteiger charge is -2.08. The van der Waals surface area contributed by atoms with Gasteiger partial charge in [-0.25, -0.2) is 4.98 Å². The van der Waals surface area contributed by atoms with Gasteiger partial charge in [0.15, 0.2) is 0 Å². The summed E-state index contributed by atoms with van der Waals surface area (Å²) in [5.74, 6) is 0. The molecule has 2 aromatic heterocycles. The molecular weight excluding hydrogens is 243 g/mol. The summed E-state index contributed by atoms with van der Waals surface area (Å²) >= 11 is 0. The van der Waals surface area contributed by atoms with Crippen molar-refractivity contribution < 1.29 is 13.2 Å². The van der Waals surface area contributed by atoms with Gasteiger partial charge in [0.2, 0.25) is 0 Å². The number of aromatic nitrogens is 2. The molecule has 0 aliphatic heterocycles. The molecule has 0 aliphatic rings. The molecule has 0 aromatic carbocycles. The van der Waals surface area contributed by atoms with E-state index in [0.717, 1.165) is 17.0 Å². The maximum atomic E-state index is 12.0. The molecule has 0 atom stereocenters. The highest BCUT2D eigenvalue weighted by Crippen LogP contribution is 2.18. The molecule has 0 fully saturated rings. The summed E-state index contributed by atoms with van der Waals surface area (Å²) in [5, 5.41) is 2.80. The molecule has 18 heavy (non-hydrogen) atoms. The lowest BCUT2D eigenvalue weighted by atomic mass is 10.3. The van der Waals surface area contributed by atoms with E-state index in [1.165, 1.54) is 0 Å². The van der Waals surface area contributed by atoms with Gasteiger partial charge in [0.05, 0.1) is 17.8 Å². The van der Waals surface area contributed by atoms with Crippen molar-refractivity contribution in [3.8, 4) is 0 Å². The molecular formula is C12H14F3N3. The van der Waals surface area contributed by atoms with Crippen LogP contribution in [0.1, 0.15) is 17.8 Å². The number of nitrogens with one attached hydrogen (secondary N) is 1. The van der Waals surface area contributed by atoms with E-state index in [0.29, 0.717) is 6.54 Å². The van der Waals surface area contributed by atoms with Crippen molar-refractivity contribution in [3.63, 3.8) is 0 Å². The molecule has 0 spiro atoms. The van der Waals surface area contributed by atoms with E-state index in [1.807, 2.05) is 35.7 Å². The van der Waals surface area contributed by atoms with Crippen LogP contribution >= 0.6 is 0 Å². The zero-order valence-electron chi connectivity index (χ0n) is 9.96. The Labute approximate surface area is 103 Å². The van der Waals surface area contributed by atoms with Crippen LogP contribution in [-0.2, 0) is 6.54 Å². The van der Waals surface area contributed by atoms with Crippen LogP contribution in [0, 0.1) is 6.92 Å². The van der Waals surface area contributed by atoms with Gasteiger partial charge in [0.1, 0.15) is 5.65 Å². The zero-order chi connectivity index (χ0) is 13.2. The van der Waals surface area contributed by atoms with E-state index in [9.17, 15) is 13.2 Å². The third kappa shape index (κ3) is 3.01. The van der Waals surface area contributed by atoms with Gasteiger partial charge in [-0.15, -0.1) is 0 Å². The van der Waals surface area contributed by atoms with Gasteiger partial charge in [0.25, 0.3) is 0 Å². The van der Waals surface area contributed by atoms with E-state index in [2.05, 4.69) is 10.3 Å². The third-order valence-corrected chi connectivity index (χ3v) is 2.71. The van der Waals surface area contributed by atoms with E-state index < -0.39 is 12.6 Å². The average Bonchev–Trinajstić information content (AvgIpc) is 2.59. The van der Waals surface area contributed by atoms with Gasteiger partial charge in [-0.2, -0.15) is 13.2 Å². The van der Waals surface area contributed by atoms with Gasteiger partial charge < -0.3 is 9.72 Å². The maximum absolute atomic E-state index is 12.0. The van der Waals surface area contributed by atoms with Crippen LogP contribution in [0.4, 0.5) is 13.2 Å². The fourth-order valence-corrected chi connectivity index (χ4v) is 1.81. The molecule has 2 rings (SSSR count). The summed E-state index contributed by atoms with van der Waals surface area (Å²) in [6.45, 7) is 2.16. The first-order valence-electron chi connectivity index (χ1n) is 5.67. The number of pyridine rings is 1. The number of imidazole rings is 1. The topological polar surface area (TPSA) is 29.3 Å². The third-order valence-electron chi connectivity index (χ3n) is 2.71. The lowest BCUT2D eigenvalue weighted by Crippen LogP contribution is -2.22. The largest absolute Gasteiger partial charge is 0.390 e. The molecule has 6 heteroatoms. The molecule has 98 valence electrons. The van der Waals surface area contributed by atoms with Crippen LogP contribution in [0.2, 0.25) is 0 Å². The molecule has 0 unspecified atom stereocenters. The van der Waals surface area contributed by atoms with Gasteiger partial charge in [0, 0.05) is 19.3 Å². The molecule has 1 N–H and O–H groups in total. The van der Waals surface area contributed by atoms with Gasteiger partial charge in [-0.3, -0.25) is 0 Å². The fourth-order valence-electron chi connectivity index (χ4n) is 1.81. The SMILES string of the molecule is Cc1nc2ccccn2c1CNCCC(F)(F)F. The van der Waals surface area contributed by atoms with Gasteiger partial charge in [-0.05, 0) is 19.1 Å². The Bertz CT molecular complexity index is 531. The Morgan fingerprint density at radius 3 is 2.83 bits per heavy atom. The number of hydrogen-bond acceptors (Lipinski definition) is 2. The minimum Gasteiger partial charge on any atom is -0.311 e. The highest BCUT2D eigenvalue weighted by Gasteiger charge is 2.26. The van der Waals surface area contributed by atoms with E-state index in [1.54, 1.807) is 0 Å². The second-order valence-corrected chi connectivity index (χ2v) is 4.11. The average molecular weight is 257 g/mol. The summed E-state index contributed by atoms with van der Waals surface area (Å²) < 4.78 is 37.9. The molecule has 2 heterocycles. The first-order chi connectivity index (χ1) is 8.47. The van der Waals surface area contributed by atoms with Crippen molar-refractivity contribution in [2.45, 2.75) is 26.1 Å². The molecule has 0 bridgehead atoms. The van der Waals surface area contributed by atoms with Crippen LogP contribution in [0.3, 0.4) is 0 Å². The Morgan fingerprint density at radius 1 is 1.33 bits per heavy atom. The molecule has 2 aromatic rings. The summed E-state index contributed by atoms with van der Waals surface area (Å²) in [4.78, 5) is 4.34.